The third-order valence-corrected chi connectivity index (χ3v) is 43.9. The van der Waals surface area contributed by atoms with Crippen molar-refractivity contribution in [1.29, 1.82) is 0 Å². The molecule has 127 heavy (non-hydrogen) atoms. The lowest BCUT2D eigenvalue weighted by Gasteiger charge is -2.21. The number of benzene rings is 15. The average molecular weight is 2450 g/mol. The molecule has 0 N–H and O–H groups in total. The molecule has 0 nitrogen and oxygen atoms in total. The monoisotopic (exact) mass is 2440 g/mol. The van der Waals surface area contributed by atoms with Crippen molar-refractivity contribution >= 4 is 305 Å². The second kappa shape index (κ2) is 51.5. The highest BCUT2D eigenvalue weighted by Gasteiger charge is 2.25. The molecule has 0 unspecified atom stereocenters. The molecule has 0 atom stereocenters. The van der Waals surface area contributed by atoms with Gasteiger partial charge in [0.15, 0.2) is 0 Å². The van der Waals surface area contributed by atoms with Gasteiger partial charge in [-0.15, -0.1) is 165 Å². The Morgan fingerprint density at radius 3 is 0.394 bits per heavy atom. The number of hydrogen-bond donors (Lipinski definition) is 1. The number of halogens is 8. The Kier molecular flexibility index (Phi) is 40.1. The second-order valence-electron chi connectivity index (χ2n) is 29.1. The summed E-state index contributed by atoms with van der Waals surface area (Å²) in [6.07, 6.45) is 0. The number of thiol groups is 1. The van der Waals surface area contributed by atoms with Crippen molar-refractivity contribution in [1.82, 2.24) is 0 Å². The minimum atomic E-state index is 0.164. The van der Waals surface area contributed by atoms with E-state index in [1.807, 2.05) is 165 Å². The van der Waals surface area contributed by atoms with Gasteiger partial charge in [-0.05, 0) is 272 Å². The largest absolute Gasteiger partial charge is 0.175 e. The molecule has 0 aromatic heterocycles. The van der Waals surface area contributed by atoms with Gasteiger partial charge in [-0.25, -0.2) is 0 Å². The zero-order chi connectivity index (χ0) is 87.6. The first-order valence-electron chi connectivity index (χ1n) is 40.3. The molecule has 0 amide bonds. The number of rotatable bonds is 42. The third kappa shape index (κ3) is 31.7. The Morgan fingerprint density at radius 2 is 0.268 bits per heavy atom. The summed E-state index contributed by atoms with van der Waals surface area (Å²) in [6.45, 7) is 0. The van der Waals surface area contributed by atoms with E-state index >= 15 is 0 Å². The first-order chi connectivity index (χ1) is 62.0. The molecule has 0 aliphatic heterocycles. The predicted molar refractivity (Wildman–Crippen MR) is 605 cm³/mol. The van der Waals surface area contributed by atoms with E-state index in [4.69, 9.17) is 0 Å². The number of hydrogen-bond acceptors (Lipinski definition) is 15. The summed E-state index contributed by atoms with van der Waals surface area (Å²) in [5.74, 6) is 5.99. The Bertz CT molecular complexity index is 5060. The van der Waals surface area contributed by atoms with E-state index in [-0.39, 0.29) is 32.1 Å². The van der Waals surface area contributed by atoms with Crippen molar-refractivity contribution in [2.75, 3.05) is 0 Å². The summed E-state index contributed by atoms with van der Waals surface area (Å²) in [7, 11) is 0. The fourth-order valence-corrected chi connectivity index (χ4v) is 33.0. The van der Waals surface area contributed by atoms with Crippen LogP contribution in [0.5, 0.6) is 0 Å². The molecule has 0 saturated carbocycles. The quantitative estimate of drug-likeness (QED) is 0.0219. The molecule has 644 valence electrons. The van der Waals surface area contributed by atoms with Crippen LogP contribution in [0.15, 0.2) is 439 Å². The minimum Gasteiger partial charge on any atom is -0.175 e. The highest BCUT2D eigenvalue weighted by atomic mass is 79.9. The van der Waals surface area contributed by atoms with E-state index in [1.165, 1.54) is 117 Å². The molecule has 15 rings (SSSR count). The Labute approximate surface area is 881 Å². The minimum absolute atomic E-state index is 0.164. The molecule has 0 spiro atoms. The first kappa shape index (κ1) is 98.9. The molecule has 0 heterocycles. The van der Waals surface area contributed by atoms with Gasteiger partial charge >= 0.3 is 0 Å². The summed E-state index contributed by atoms with van der Waals surface area (Å²) in [5, 5.41) is 0. The van der Waals surface area contributed by atoms with Crippen molar-refractivity contribution in [2.45, 2.75) is 112 Å². The lowest BCUT2D eigenvalue weighted by atomic mass is 10.2. The zero-order valence-corrected chi connectivity index (χ0v) is 92.8. The van der Waals surface area contributed by atoms with E-state index in [1.54, 1.807) is 0 Å². The van der Waals surface area contributed by atoms with Crippen LogP contribution < -0.4 is 0 Å². The Hall–Kier alpha value is -2.61. The van der Waals surface area contributed by atoms with E-state index in [9.17, 15) is 0 Å². The summed E-state index contributed by atoms with van der Waals surface area (Å²) in [4.78, 5) is 9.90. The Morgan fingerprint density at radius 1 is 0.150 bits per heavy atom. The van der Waals surface area contributed by atoms with Crippen LogP contribution in [-0.2, 0) is 40.3 Å². The van der Waals surface area contributed by atoms with Crippen LogP contribution in [0.3, 0.4) is 0 Å². The average Bonchev–Trinajstić information content (AvgIpc) is 0.853. The third-order valence-electron chi connectivity index (χ3n) is 19.8. The topological polar surface area (TPSA) is 0 Å². The van der Waals surface area contributed by atoms with Crippen LogP contribution in [0.4, 0.5) is 0 Å². The molecule has 15 aromatic carbocycles. The molecule has 15 aromatic rings. The fourth-order valence-electron chi connectivity index (χ4n) is 12.9. The molecule has 0 aliphatic rings. The Balaban J connectivity index is 0.647. The maximum absolute atomic E-state index is 4.69. The van der Waals surface area contributed by atoms with Gasteiger partial charge in [-0.2, -0.15) is 12.6 Å². The van der Waals surface area contributed by atoms with Gasteiger partial charge in [-0.1, -0.05) is 297 Å². The van der Waals surface area contributed by atoms with Gasteiger partial charge in [0.25, 0.3) is 0 Å². The van der Waals surface area contributed by atoms with Crippen LogP contribution in [0, 0.1) is 0 Å². The predicted octanol–water partition coefficient (Wildman–Crippen LogP) is 41.1. The van der Waals surface area contributed by atoms with Gasteiger partial charge in [0, 0.05) is 115 Å². The van der Waals surface area contributed by atoms with Crippen molar-refractivity contribution in [3.05, 3.63) is 478 Å². The second-order valence-corrected chi connectivity index (χ2v) is 54.8. The van der Waals surface area contributed by atoms with Gasteiger partial charge in [-0.3, -0.25) is 0 Å². The summed E-state index contributed by atoms with van der Waals surface area (Å²) >= 11 is 61.3. The van der Waals surface area contributed by atoms with Crippen molar-refractivity contribution < 1.29 is 0 Å². The number of thioether (sulfide) groups is 14. The van der Waals surface area contributed by atoms with Crippen molar-refractivity contribution in [2.24, 2.45) is 0 Å². The molecule has 0 bridgehead atoms. The highest BCUT2D eigenvalue weighted by molar-refractivity contribution is 9.11. The molecular weight excluding hydrogens is 2370 g/mol. The molecular formula is C104H82Br8S15. The smallest absolute Gasteiger partial charge is 0.0845 e. The maximum Gasteiger partial charge on any atom is 0.0845 e. The van der Waals surface area contributed by atoms with Gasteiger partial charge in [0.2, 0.25) is 0 Å². The van der Waals surface area contributed by atoms with Crippen molar-refractivity contribution in [3.8, 4) is 0 Å². The lowest BCUT2D eigenvalue weighted by molar-refractivity contribution is 1.26. The van der Waals surface area contributed by atoms with E-state index < -0.39 is 0 Å². The van der Waals surface area contributed by atoms with Gasteiger partial charge < -0.3 is 0 Å². The van der Waals surface area contributed by atoms with Crippen LogP contribution in [-0.4, -0.2) is 0 Å². The molecule has 0 radical (unpaired) electrons. The van der Waals surface area contributed by atoms with Gasteiger partial charge in [0.1, 0.15) is 0 Å². The summed E-state index contributed by atoms with van der Waals surface area (Å²) < 4.78 is 9.89. The summed E-state index contributed by atoms with van der Waals surface area (Å²) in [6, 6.07) is 135. The van der Waals surface area contributed by atoms with Crippen LogP contribution in [0.2, 0.25) is 0 Å². The van der Waals surface area contributed by atoms with Crippen LogP contribution in [0.1, 0.15) is 110 Å². The van der Waals surface area contributed by atoms with Crippen molar-refractivity contribution in [3.63, 3.8) is 0 Å². The van der Waals surface area contributed by atoms with E-state index in [0.717, 1.165) is 70.3 Å². The first-order valence-corrected chi connectivity index (χ1v) is 60.6. The summed E-state index contributed by atoms with van der Waals surface area (Å²) in [5.41, 5.74) is 18.3. The SMILES string of the molecule is SCc1ccc(C(SCc2ccc(C(SCc3ccc(C(Sc4ccc(Br)cc4)Sc4ccc(Br)cc4)cc3)SCc3ccc(C(Sc4ccc(Br)cc4)Sc4ccc(Br)cc4)cc3)cc2)SCc2ccc(C(SCc3ccc(C(Sc4ccc(Br)cc4)Sc4ccc(Br)cc4)cc3)SCc3ccc(C(Sc4ccc(Br)cc4)Sc4ccc(Br)cc4)cc3)cc2)cc1. The lowest BCUT2D eigenvalue weighted by Crippen LogP contribution is -1.97. The maximum atomic E-state index is 4.69. The van der Waals surface area contributed by atoms with Crippen LogP contribution >= 0.6 is 305 Å². The zero-order valence-electron chi connectivity index (χ0n) is 67.8. The molecule has 0 aliphatic carbocycles. The normalized spacial score (nSPS) is 11.7. The molecule has 0 fully saturated rings. The fraction of sp³-hybridized carbons (Fsp3) is 0.135. The highest BCUT2D eigenvalue weighted by Crippen LogP contribution is 2.54. The van der Waals surface area contributed by atoms with Crippen LogP contribution in [0.25, 0.3) is 0 Å². The van der Waals surface area contributed by atoms with E-state index in [0.29, 0.717) is 5.75 Å². The van der Waals surface area contributed by atoms with Gasteiger partial charge in [0.05, 0.1) is 32.1 Å². The molecule has 23 heteroatoms. The molecule has 0 saturated heterocycles. The standard InChI is InChI=1S/C104H82Br8S15/c105-82-29-45-90(46-30-82)120-101(121-91-47-31-83(106)32-48-91)78-21-7-71(8-22-78)64-116-99(117-65-72-9-23-79(24-10-72)102(122-92-49-33-84(107)34-50-92)123-93-51-35-85(108)36-52-93)76-17-3-69(4-18-76)62-114-98(75-15-1-68(61-113)2-16-75)115-63-70-5-19-77(20-6-70)100(118-66-73-11-25-80(26-12-73)103(124-94-53-37-86(109)38-54-94)125-95-55-39-87(110)40-56-95)119-67-74-13-27-81(28-14-74)104(126-96-57-41-88(111)42-58-96)127-97-59-43-89(112)44-60-97/h1-60,98-104,113H,61-67H2. The van der Waals surface area contributed by atoms with E-state index in [2.05, 4.69) is 504 Å².